The number of rotatable bonds is 6. The Hall–Kier alpha value is -0.800. The quantitative estimate of drug-likeness (QED) is 0.802. The average molecular weight is 239 g/mol. The highest BCUT2D eigenvalue weighted by Gasteiger charge is 2.27. The molecule has 0 aliphatic heterocycles. The number of furan rings is 1. The van der Waals surface area contributed by atoms with E-state index in [0.717, 1.165) is 24.5 Å². The number of hydrogen-bond acceptors (Lipinski definition) is 3. The molecule has 0 aromatic carbocycles. The van der Waals surface area contributed by atoms with E-state index in [4.69, 9.17) is 9.52 Å². The first-order valence-electron chi connectivity index (χ1n) is 6.20. The maximum atomic E-state index is 8.99. The van der Waals surface area contributed by atoms with Crippen LogP contribution in [0.25, 0.3) is 0 Å². The zero-order valence-electron chi connectivity index (χ0n) is 11.6. The Bertz CT molecular complexity index is 353. The summed E-state index contributed by atoms with van der Waals surface area (Å²) in [7, 11) is 0. The maximum absolute atomic E-state index is 8.99. The minimum Gasteiger partial charge on any atom is -0.466 e. The van der Waals surface area contributed by atoms with Crippen molar-refractivity contribution in [1.29, 1.82) is 0 Å². The van der Waals surface area contributed by atoms with Gasteiger partial charge in [0, 0.05) is 24.1 Å². The van der Waals surface area contributed by atoms with Crippen LogP contribution in [0, 0.1) is 6.92 Å². The van der Waals surface area contributed by atoms with E-state index in [-0.39, 0.29) is 17.6 Å². The lowest BCUT2D eigenvalue weighted by Crippen LogP contribution is -2.46. The van der Waals surface area contributed by atoms with E-state index in [1.165, 1.54) is 0 Å². The molecule has 0 amide bonds. The topological polar surface area (TPSA) is 45.4 Å². The van der Waals surface area contributed by atoms with E-state index in [0.29, 0.717) is 0 Å². The van der Waals surface area contributed by atoms with Gasteiger partial charge >= 0.3 is 0 Å². The molecule has 0 spiro atoms. The zero-order chi connectivity index (χ0) is 13.1. The van der Waals surface area contributed by atoms with Crippen molar-refractivity contribution in [1.82, 2.24) is 5.32 Å². The van der Waals surface area contributed by atoms with E-state index < -0.39 is 0 Å². The molecule has 2 N–H and O–H groups in total. The second kappa shape index (κ2) is 5.23. The Morgan fingerprint density at radius 1 is 1.24 bits per heavy atom. The van der Waals surface area contributed by atoms with Crippen LogP contribution in [0.3, 0.4) is 0 Å². The number of aryl methyl sites for hydroxylation is 1. The van der Waals surface area contributed by atoms with Crippen molar-refractivity contribution in [3.63, 3.8) is 0 Å². The van der Waals surface area contributed by atoms with Crippen molar-refractivity contribution < 1.29 is 9.52 Å². The molecule has 1 heterocycles. The molecular formula is C14H25NO2. The Morgan fingerprint density at radius 3 is 2.35 bits per heavy atom. The molecule has 0 radical (unpaired) electrons. The molecule has 0 saturated heterocycles. The second-order valence-corrected chi connectivity index (χ2v) is 6.01. The highest BCUT2D eigenvalue weighted by Crippen LogP contribution is 2.25. The lowest BCUT2D eigenvalue weighted by atomic mass is 9.88. The summed E-state index contributed by atoms with van der Waals surface area (Å²) >= 11 is 0. The first-order valence-corrected chi connectivity index (χ1v) is 6.20. The van der Waals surface area contributed by atoms with Gasteiger partial charge in [0.15, 0.2) is 0 Å². The summed E-state index contributed by atoms with van der Waals surface area (Å²) in [5.74, 6) is 1.95. The largest absolute Gasteiger partial charge is 0.466 e. The van der Waals surface area contributed by atoms with Crippen molar-refractivity contribution in [3.05, 3.63) is 23.7 Å². The molecule has 0 bridgehead atoms. The highest BCUT2D eigenvalue weighted by molar-refractivity contribution is 5.15. The minimum absolute atomic E-state index is 0.0407. The molecular weight excluding hydrogens is 214 g/mol. The van der Waals surface area contributed by atoms with Gasteiger partial charge in [0.05, 0.1) is 0 Å². The predicted octanol–water partition coefficient (Wildman–Crippen LogP) is 2.62. The molecule has 3 heteroatoms. The number of nitrogens with one attached hydrogen (secondary N) is 1. The van der Waals surface area contributed by atoms with E-state index in [9.17, 15) is 0 Å². The summed E-state index contributed by atoms with van der Waals surface area (Å²) in [6, 6.07) is 4.03. The van der Waals surface area contributed by atoms with Crippen molar-refractivity contribution in [3.8, 4) is 0 Å². The van der Waals surface area contributed by atoms with Gasteiger partial charge in [0.1, 0.15) is 11.5 Å². The third kappa shape index (κ3) is 4.17. The van der Waals surface area contributed by atoms with Crippen LogP contribution >= 0.6 is 0 Å². The van der Waals surface area contributed by atoms with Gasteiger partial charge in [-0.15, -0.1) is 0 Å². The van der Waals surface area contributed by atoms with Crippen LogP contribution < -0.4 is 5.32 Å². The van der Waals surface area contributed by atoms with Crippen LogP contribution in [0.1, 0.15) is 45.6 Å². The second-order valence-electron chi connectivity index (χ2n) is 6.01. The van der Waals surface area contributed by atoms with Gasteiger partial charge in [-0.05, 0) is 39.3 Å². The first kappa shape index (κ1) is 14.3. The van der Waals surface area contributed by atoms with Crippen LogP contribution in [0.2, 0.25) is 0 Å². The number of hydrogen-bond donors (Lipinski definition) is 2. The van der Waals surface area contributed by atoms with E-state index in [1.54, 1.807) is 0 Å². The third-order valence-electron chi connectivity index (χ3n) is 3.15. The van der Waals surface area contributed by atoms with E-state index in [1.807, 2.05) is 19.1 Å². The molecule has 0 atom stereocenters. The summed E-state index contributed by atoms with van der Waals surface area (Å²) in [6.45, 7) is 11.5. The van der Waals surface area contributed by atoms with Crippen LogP contribution in [0.5, 0.6) is 0 Å². The summed E-state index contributed by atoms with van der Waals surface area (Å²) < 4.78 is 5.68. The van der Waals surface area contributed by atoms with Gasteiger partial charge in [-0.3, -0.25) is 0 Å². The molecule has 0 aliphatic rings. The first-order chi connectivity index (χ1) is 7.77. The predicted molar refractivity (Wildman–Crippen MR) is 70.3 cm³/mol. The van der Waals surface area contributed by atoms with Crippen molar-refractivity contribution >= 4 is 0 Å². The van der Waals surface area contributed by atoms with Gasteiger partial charge < -0.3 is 14.8 Å². The fourth-order valence-electron chi connectivity index (χ4n) is 1.71. The third-order valence-corrected chi connectivity index (χ3v) is 3.15. The standard InChI is InChI=1S/C14H25NO2/c1-11-6-7-12(17-11)13(2,3)10-15-14(4,5)8-9-16/h6-7,15-16H,8-10H2,1-5H3. The van der Waals surface area contributed by atoms with Gasteiger partial charge in [-0.2, -0.15) is 0 Å². The van der Waals surface area contributed by atoms with E-state index >= 15 is 0 Å². The van der Waals surface area contributed by atoms with Crippen LogP contribution in [-0.2, 0) is 5.41 Å². The maximum Gasteiger partial charge on any atom is 0.111 e. The molecule has 1 rings (SSSR count). The van der Waals surface area contributed by atoms with Crippen molar-refractivity contribution in [2.45, 2.75) is 52.0 Å². The number of aliphatic hydroxyl groups excluding tert-OH is 1. The Labute approximate surface area is 104 Å². The van der Waals surface area contributed by atoms with Crippen LogP contribution in [-0.4, -0.2) is 23.8 Å². The summed E-state index contributed by atoms with van der Waals surface area (Å²) in [6.07, 6.45) is 0.750. The monoisotopic (exact) mass is 239 g/mol. The molecule has 1 aromatic heterocycles. The van der Waals surface area contributed by atoms with Crippen molar-refractivity contribution in [2.24, 2.45) is 0 Å². The minimum atomic E-state index is -0.0480. The average Bonchev–Trinajstić information content (AvgIpc) is 2.63. The molecule has 0 unspecified atom stereocenters. The lowest BCUT2D eigenvalue weighted by Gasteiger charge is -2.31. The van der Waals surface area contributed by atoms with Gasteiger partial charge in [0.25, 0.3) is 0 Å². The van der Waals surface area contributed by atoms with Crippen molar-refractivity contribution in [2.75, 3.05) is 13.2 Å². The normalized spacial score (nSPS) is 13.1. The summed E-state index contributed by atoms with van der Waals surface area (Å²) in [4.78, 5) is 0. The Kier molecular flexibility index (Phi) is 4.39. The molecule has 3 nitrogen and oxygen atoms in total. The molecule has 1 aromatic rings. The van der Waals surface area contributed by atoms with Crippen LogP contribution in [0.4, 0.5) is 0 Å². The Morgan fingerprint density at radius 2 is 1.88 bits per heavy atom. The molecule has 98 valence electrons. The van der Waals surface area contributed by atoms with Crippen LogP contribution in [0.15, 0.2) is 16.5 Å². The molecule has 0 fully saturated rings. The fourth-order valence-corrected chi connectivity index (χ4v) is 1.71. The molecule has 17 heavy (non-hydrogen) atoms. The Balaban J connectivity index is 2.61. The van der Waals surface area contributed by atoms with Gasteiger partial charge in [-0.25, -0.2) is 0 Å². The summed E-state index contributed by atoms with van der Waals surface area (Å²) in [5, 5.41) is 12.5. The smallest absolute Gasteiger partial charge is 0.111 e. The lowest BCUT2D eigenvalue weighted by molar-refractivity contribution is 0.219. The van der Waals surface area contributed by atoms with Gasteiger partial charge in [0.2, 0.25) is 0 Å². The number of aliphatic hydroxyl groups is 1. The fraction of sp³-hybridized carbons (Fsp3) is 0.714. The molecule has 0 saturated carbocycles. The highest BCUT2D eigenvalue weighted by atomic mass is 16.3. The zero-order valence-corrected chi connectivity index (χ0v) is 11.6. The summed E-state index contributed by atoms with van der Waals surface area (Å²) in [5.41, 5.74) is -0.0886. The SMILES string of the molecule is Cc1ccc(C(C)(C)CNC(C)(C)CCO)o1. The molecule has 0 aliphatic carbocycles. The van der Waals surface area contributed by atoms with Gasteiger partial charge in [-0.1, -0.05) is 13.8 Å². The van der Waals surface area contributed by atoms with E-state index in [2.05, 4.69) is 33.0 Å².